The highest BCUT2D eigenvalue weighted by molar-refractivity contribution is 7.76. The zero-order valence-electron chi connectivity index (χ0n) is 20.0. The van der Waals surface area contributed by atoms with Crippen molar-refractivity contribution in [1.82, 2.24) is 5.09 Å². The van der Waals surface area contributed by atoms with Crippen LogP contribution in [-0.2, 0) is 4.57 Å². The minimum Gasteiger partial charge on any atom is -0.297 e. The fourth-order valence-electron chi connectivity index (χ4n) is 7.83. The molecule has 0 amide bonds. The second-order valence-electron chi connectivity index (χ2n) is 11.3. The van der Waals surface area contributed by atoms with Crippen molar-refractivity contribution in [3.63, 3.8) is 0 Å². The van der Waals surface area contributed by atoms with E-state index >= 15 is 0 Å². The summed E-state index contributed by atoms with van der Waals surface area (Å²) in [4.78, 5) is 0. The lowest BCUT2D eigenvalue weighted by Gasteiger charge is -2.57. The first-order chi connectivity index (χ1) is 16.6. The van der Waals surface area contributed by atoms with E-state index in [1.807, 2.05) is 60.7 Å². The van der Waals surface area contributed by atoms with Gasteiger partial charge in [0.15, 0.2) is 0 Å². The van der Waals surface area contributed by atoms with Crippen LogP contribution in [0, 0.1) is 23.2 Å². The van der Waals surface area contributed by atoms with E-state index < -0.39 is 7.29 Å². The summed E-state index contributed by atoms with van der Waals surface area (Å²) in [6.07, 6.45) is 11.0. The molecule has 4 fully saturated rings. The highest BCUT2D eigenvalue weighted by Crippen LogP contribution is 2.62. The van der Waals surface area contributed by atoms with E-state index in [1.165, 1.54) is 50.5 Å². The summed E-state index contributed by atoms with van der Waals surface area (Å²) in [7, 11) is -3.00. The standard InChI is InChI=1S/C31H36NOP/c33-34(28-12-6-2-7-13-28,29-14-8-3-9-15-29)32-30(27-10-4-1-5-11-27)16-17-31-21-24-18-25(22-31)20-26(19-24)23-31/h1-15,24-26,30H,16-23H2,(H,32,33)/t24?,25?,26?,30-,31?/m1/s1. The van der Waals surface area contributed by atoms with Gasteiger partial charge in [0.1, 0.15) is 0 Å². The largest absolute Gasteiger partial charge is 0.297 e. The quantitative estimate of drug-likeness (QED) is 0.352. The summed E-state index contributed by atoms with van der Waals surface area (Å²) in [6, 6.07) is 30.9. The first-order valence-corrected chi connectivity index (χ1v) is 14.9. The molecule has 3 aromatic rings. The molecular weight excluding hydrogens is 433 g/mol. The van der Waals surface area contributed by atoms with Crippen molar-refractivity contribution < 1.29 is 4.57 Å². The van der Waals surface area contributed by atoms with E-state index in [0.29, 0.717) is 5.41 Å². The van der Waals surface area contributed by atoms with Gasteiger partial charge in [-0.2, -0.15) is 0 Å². The molecule has 4 saturated carbocycles. The predicted molar refractivity (Wildman–Crippen MR) is 142 cm³/mol. The van der Waals surface area contributed by atoms with Crippen LogP contribution in [0.1, 0.15) is 63.0 Å². The lowest BCUT2D eigenvalue weighted by molar-refractivity contribution is -0.0590. The van der Waals surface area contributed by atoms with Gasteiger partial charge in [-0.15, -0.1) is 0 Å². The van der Waals surface area contributed by atoms with Crippen LogP contribution in [0.3, 0.4) is 0 Å². The lowest BCUT2D eigenvalue weighted by atomic mass is 9.48. The molecule has 4 aliphatic carbocycles. The SMILES string of the molecule is O=P(N[C@H](CCC12CC3CC(CC(C3)C1)C2)c1ccccc1)(c1ccccc1)c1ccccc1. The lowest BCUT2D eigenvalue weighted by Crippen LogP contribution is -2.46. The molecule has 1 atom stereocenters. The minimum absolute atomic E-state index is 0.0699. The Morgan fingerprint density at radius 1 is 0.706 bits per heavy atom. The molecule has 3 heteroatoms. The second-order valence-corrected chi connectivity index (χ2v) is 13.8. The summed E-state index contributed by atoms with van der Waals surface area (Å²) >= 11 is 0. The smallest absolute Gasteiger partial charge is 0.205 e. The van der Waals surface area contributed by atoms with Crippen molar-refractivity contribution in [3.05, 3.63) is 96.6 Å². The van der Waals surface area contributed by atoms with Gasteiger partial charge in [-0.25, -0.2) is 0 Å². The second kappa shape index (κ2) is 9.14. The Kier molecular flexibility index (Phi) is 6.00. The molecule has 0 saturated heterocycles. The molecular formula is C31H36NOP. The summed E-state index contributed by atoms with van der Waals surface area (Å²) in [6.45, 7) is 0. The third-order valence-electron chi connectivity index (χ3n) is 8.91. The van der Waals surface area contributed by atoms with Gasteiger partial charge in [0.05, 0.1) is 0 Å². The van der Waals surface area contributed by atoms with Crippen LogP contribution in [0.15, 0.2) is 91.0 Å². The molecule has 34 heavy (non-hydrogen) atoms. The normalized spacial score (nSPS) is 28.6. The third-order valence-corrected chi connectivity index (χ3v) is 11.6. The van der Waals surface area contributed by atoms with Crippen LogP contribution in [0.5, 0.6) is 0 Å². The van der Waals surface area contributed by atoms with Crippen molar-refractivity contribution in [2.24, 2.45) is 23.2 Å². The van der Waals surface area contributed by atoms with Crippen LogP contribution >= 0.6 is 7.29 Å². The predicted octanol–water partition coefficient (Wildman–Crippen LogP) is 7.24. The fourth-order valence-corrected chi connectivity index (χ4v) is 10.3. The van der Waals surface area contributed by atoms with Gasteiger partial charge in [0, 0.05) is 16.7 Å². The van der Waals surface area contributed by atoms with Gasteiger partial charge in [-0.05, 0) is 104 Å². The van der Waals surface area contributed by atoms with Crippen LogP contribution in [0.25, 0.3) is 0 Å². The molecule has 7 rings (SSSR count). The summed E-state index contributed by atoms with van der Waals surface area (Å²) in [5.41, 5.74) is 1.77. The van der Waals surface area contributed by atoms with Gasteiger partial charge in [0.25, 0.3) is 0 Å². The van der Waals surface area contributed by atoms with Gasteiger partial charge in [0.2, 0.25) is 7.29 Å². The molecule has 1 N–H and O–H groups in total. The highest BCUT2D eigenvalue weighted by Gasteiger charge is 2.50. The third kappa shape index (κ3) is 4.32. The van der Waals surface area contributed by atoms with Crippen molar-refractivity contribution in [2.45, 2.75) is 57.4 Å². The Balaban J connectivity index is 1.32. The number of hydrogen-bond acceptors (Lipinski definition) is 1. The average molecular weight is 470 g/mol. The zero-order valence-corrected chi connectivity index (χ0v) is 20.9. The Labute approximate surface area is 204 Å². The van der Waals surface area contributed by atoms with Gasteiger partial charge in [-0.3, -0.25) is 9.65 Å². The average Bonchev–Trinajstić information content (AvgIpc) is 2.87. The Morgan fingerprint density at radius 3 is 1.62 bits per heavy atom. The van der Waals surface area contributed by atoms with E-state index in [0.717, 1.165) is 34.8 Å². The van der Waals surface area contributed by atoms with E-state index in [9.17, 15) is 4.57 Å². The van der Waals surface area contributed by atoms with Crippen molar-refractivity contribution in [1.29, 1.82) is 0 Å². The first kappa shape index (κ1) is 22.3. The van der Waals surface area contributed by atoms with Crippen molar-refractivity contribution in [2.75, 3.05) is 0 Å². The van der Waals surface area contributed by atoms with E-state index in [-0.39, 0.29) is 6.04 Å². The van der Waals surface area contributed by atoms with Gasteiger partial charge >= 0.3 is 0 Å². The van der Waals surface area contributed by atoms with Crippen LogP contribution < -0.4 is 15.7 Å². The van der Waals surface area contributed by atoms with Crippen LogP contribution in [-0.4, -0.2) is 0 Å². The van der Waals surface area contributed by atoms with Gasteiger partial charge < -0.3 is 0 Å². The molecule has 2 nitrogen and oxygen atoms in total. The Morgan fingerprint density at radius 2 is 1.15 bits per heavy atom. The molecule has 0 radical (unpaired) electrons. The Hall–Kier alpha value is -2.15. The molecule has 4 aliphatic rings. The molecule has 0 aromatic heterocycles. The minimum atomic E-state index is -3.00. The van der Waals surface area contributed by atoms with Crippen LogP contribution in [0.2, 0.25) is 0 Å². The molecule has 0 spiro atoms. The molecule has 0 heterocycles. The summed E-state index contributed by atoms with van der Waals surface area (Å²) < 4.78 is 14.8. The Bertz CT molecular complexity index is 1070. The maximum absolute atomic E-state index is 14.8. The monoisotopic (exact) mass is 469 g/mol. The molecule has 176 valence electrons. The van der Waals surface area contributed by atoms with E-state index in [2.05, 4.69) is 35.4 Å². The van der Waals surface area contributed by atoms with Crippen LogP contribution in [0.4, 0.5) is 0 Å². The van der Waals surface area contributed by atoms with Gasteiger partial charge in [-0.1, -0.05) is 66.7 Å². The topological polar surface area (TPSA) is 29.1 Å². The zero-order chi connectivity index (χ0) is 23.0. The molecule has 4 bridgehead atoms. The molecule has 3 aromatic carbocycles. The first-order valence-electron chi connectivity index (χ1n) is 13.2. The fraction of sp³-hybridized carbons (Fsp3) is 0.419. The summed E-state index contributed by atoms with van der Waals surface area (Å²) in [5, 5.41) is 5.54. The number of hydrogen-bond donors (Lipinski definition) is 1. The molecule has 0 unspecified atom stereocenters. The van der Waals surface area contributed by atoms with E-state index in [4.69, 9.17) is 0 Å². The number of rotatable bonds is 8. The maximum atomic E-state index is 14.8. The van der Waals surface area contributed by atoms with Crippen molar-refractivity contribution in [3.8, 4) is 0 Å². The van der Waals surface area contributed by atoms with E-state index in [1.54, 1.807) is 0 Å². The molecule has 0 aliphatic heterocycles. The van der Waals surface area contributed by atoms with Crippen molar-refractivity contribution >= 4 is 17.9 Å². The number of nitrogens with one attached hydrogen (secondary N) is 1. The maximum Gasteiger partial charge on any atom is 0.205 e. The number of benzene rings is 3. The highest BCUT2D eigenvalue weighted by atomic mass is 31.2. The summed E-state index contributed by atoms with van der Waals surface area (Å²) in [5.74, 6) is 2.90.